The minimum atomic E-state index is -0.248. The number of carbonyl (C=O) groups is 1. The van der Waals surface area contributed by atoms with Gasteiger partial charge in [0.15, 0.2) is 6.61 Å². The molecule has 1 amide bonds. The minimum absolute atomic E-state index is 0.0495. The molecular formula is C20H24FNO2. The lowest BCUT2D eigenvalue weighted by Gasteiger charge is -2.19. The number of amides is 1. The number of carbonyl (C=O) groups excluding carboxylic acids is 1. The fraction of sp³-hybridized carbons (Fsp3) is 0.350. The van der Waals surface area contributed by atoms with Crippen molar-refractivity contribution in [1.82, 2.24) is 5.32 Å². The van der Waals surface area contributed by atoms with E-state index in [0.29, 0.717) is 24.3 Å². The van der Waals surface area contributed by atoms with E-state index in [4.69, 9.17) is 4.74 Å². The molecule has 3 nitrogen and oxygen atoms in total. The van der Waals surface area contributed by atoms with Crippen molar-refractivity contribution in [3.8, 4) is 5.75 Å². The Morgan fingerprint density at radius 1 is 1.08 bits per heavy atom. The van der Waals surface area contributed by atoms with Gasteiger partial charge >= 0.3 is 0 Å². The van der Waals surface area contributed by atoms with E-state index in [9.17, 15) is 9.18 Å². The van der Waals surface area contributed by atoms with Gasteiger partial charge in [0.1, 0.15) is 11.6 Å². The zero-order valence-electron chi connectivity index (χ0n) is 14.4. The lowest BCUT2D eigenvalue weighted by molar-refractivity contribution is -0.123. The summed E-state index contributed by atoms with van der Waals surface area (Å²) in [5.74, 6) is 0.195. The summed E-state index contributed by atoms with van der Waals surface area (Å²) in [6.07, 6.45) is 0.457. The largest absolute Gasteiger partial charge is 0.484 e. The van der Waals surface area contributed by atoms with Crippen molar-refractivity contribution in [3.05, 3.63) is 65.5 Å². The Balaban J connectivity index is 1.74. The Labute approximate surface area is 142 Å². The van der Waals surface area contributed by atoms with Gasteiger partial charge in [0.05, 0.1) is 0 Å². The highest BCUT2D eigenvalue weighted by molar-refractivity contribution is 5.77. The van der Waals surface area contributed by atoms with Gasteiger partial charge in [-0.1, -0.05) is 51.1 Å². The van der Waals surface area contributed by atoms with E-state index in [-0.39, 0.29) is 23.7 Å². The van der Waals surface area contributed by atoms with Crippen LogP contribution in [0.4, 0.5) is 4.39 Å². The quantitative estimate of drug-likeness (QED) is 0.874. The van der Waals surface area contributed by atoms with Crippen LogP contribution in [-0.2, 0) is 16.6 Å². The van der Waals surface area contributed by atoms with Gasteiger partial charge in [0.2, 0.25) is 0 Å². The van der Waals surface area contributed by atoms with E-state index in [1.807, 2.05) is 24.3 Å². The van der Waals surface area contributed by atoms with Crippen molar-refractivity contribution in [1.29, 1.82) is 0 Å². The summed E-state index contributed by atoms with van der Waals surface area (Å²) in [7, 11) is 0. The summed E-state index contributed by atoms with van der Waals surface area (Å²) in [6.45, 7) is 6.77. The standard InChI is InChI=1S/C20H24FNO2/c1-20(2,3)16-8-10-17(11-9-16)24-14-19(23)22-13-12-15-6-4-5-7-18(15)21/h4-11H,12-14H2,1-3H3,(H,22,23). The predicted molar refractivity (Wildman–Crippen MR) is 93.8 cm³/mol. The molecule has 0 radical (unpaired) electrons. The summed E-state index contributed by atoms with van der Waals surface area (Å²) < 4.78 is 18.9. The van der Waals surface area contributed by atoms with Crippen LogP contribution >= 0.6 is 0 Å². The summed E-state index contributed by atoms with van der Waals surface area (Å²) >= 11 is 0. The van der Waals surface area contributed by atoms with Gasteiger partial charge in [-0.3, -0.25) is 4.79 Å². The van der Waals surface area contributed by atoms with Gasteiger partial charge in [0, 0.05) is 6.54 Å². The number of rotatable bonds is 6. The number of benzene rings is 2. The highest BCUT2D eigenvalue weighted by Crippen LogP contribution is 2.24. The normalized spacial score (nSPS) is 11.2. The average molecular weight is 329 g/mol. The van der Waals surface area contributed by atoms with Crippen LogP contribution in [0.5, 0.6) is 5.75 Å². The molecule has 0 unspecified atom stereocenters. The summed E-state index contributed by atoms with van der Waals surface area (Å²) in [5.41, 5.74) is 1.89. The molecule has 2 aromatic carbocycles. The van der Waals surface area contributed by atoms with Gasteiger partial charge < -0.3 is 10.1 Å². The molecule has 0 atom stereocenters. The monoisotopic (exact) mass is 329 g/mol. The van der Waals surface area contributed by atoms with Crippen LogP contribution in [0.25, 0.3) is 0 Å². The van der Waals surface area contributed by atoms with Gasteiger partial charge in [-0.05, 0) is 41.2 Å². The molecule has 0 aliphatic heterocycles. The summed E-state index contributed by atoms with van der Waals surface area (Å²) in [4.78, 5) is 11.8. The van der Waals surface area contributed by atoms with Crippen LogP contribution in [0.2, 0.25) is 0 Å². The maximum Gasteiger partial charge on any atom is 0.257 e. The lowest BCUT2D eigenvalue weighted by Crippen LogP contribution is -2.30. The van der Waals surface area contributed by atoms with Crippen molar-refractivity contribution in [3.63, 3.8) is 0 Å². The molecule has 0 aliphatic rings. The number of hydrogen-bond acceptors (Lipinski definition) is 2. The third kappa shape index (κ3) is 5.37. The Hall–Kier alpha value is -2.36. The molecule has 0 aliphatic carbocycles. The van der Waals surface area contributed by atoms with Gasteiger partial charge in [-0.2, -0.15) is 0 Å². The number of halogens is 1. The van der Waals surface area contributed by atoms with Crippen molar-refractivity contribution >= 4 is 5.91 Å². The van der Waals surface area contributed by atoms with Crippen molar-refractivity contribution in [2.45, 2.75) is 32.6 Å². The molecule has 2 aromatic rings. The second-order valence-electron chi connectivity index (χ2n) is 6.75. The lowest BCUT2D eigenvalue weighted by atomic mass is 9.87. The fourth-order valence-corrected chi connectivity index (χ4v) is 2.29. The molecule has 0 saturated heterocycles. The van der Waals surface area contributed by atoms with Crippen molar-refractivity contribution < 1.29 is 13.9 Å². The van der Waals surface area contributed by atoms with E-state index in [2.05, 4.69) is 26.1 Å². The van der Waals surface area contributed by atoms with E-state index < -0.39 is 0 Å². The summed E-state index contributed by atoms with van der Waals surface area (Å²) in [6, 6.07) is 14.3. The van der Waals surface area contributed by atoms with Crippen LogP contribution in [0, 0.1) is 5.82 Å². The Bertz CT molecular complexity index is 675. The molecular weight excluding hydrogens is 305 g/mol. The second kappa shape index (κ2) is 7.95. The molecule has 2 rings (SSSR count). The smallest absolute Gasteiger partial charge is 0.257 e. The average Bonchev–Trinajstić information content (AvgIpc) is 2.54. The van der Waals surface area contributed by atoms with Gasteiger partial charge in [-0.15, -0.1) is 0 Å². The van der Waals surface area contributed by atoms with Crippen LogP contribution < -0.4 is 10.1 Å². The molecule has 128 valence electrons. The molecule has 0 saturated carbocycles. The van der Waals surface area contributed by atoms with Gasteiger partial charge in [0.25, 0.3) is 5.91 Å². The molecule has 1 N–H and O–H groups in total. The van der Waals surface area contributed by atoms with E-state index >= 15 is 0 Å². The maximum absolute atomic E-state index is 13.5. The number of nitrogens with one attached hydrogen (secondary N) is 1. The third-order valence-corrected chi connectivity index (χ3v) is 3.76. The zero-order chi connectivity index (χ0) is 17.6. The highest BCUT2D eigenvalue weighted by atomic mass is 19.1. The Kier molecular flexibility index (Phi) is 5.96. The Morgan fingerprint density at radius 3 is 2.38 bits per heavy atom. The van der Waals surface area contributed by atoms with E-state index in [0.717, 1.165) is 0 Å². The SMILES string of the molecule is CC(C)(C)c1ccc(OCC(=O)NCCc2ccccc2F)cc1. The molecule has 0 spiro atoms. The first-order chi connectivity index (χ1) is 11.4. The Morgan fingerprint density at radius 2 is 1.75 bits per heavy atom. The third-order valence-electron chi connectivity index (χ3n) is 3.76. The van der Waals surface area contributed by atoms with Crippen LogP contribution in [0.15, 0.2) is 48.5 Å². The number of hydrogen-bond donors (Lipinski definition) is 1. The topological polar surface area (TPSA) is 38.3 Å². The molecule has 0 aromatic heterocycles. The molecule has 0 fully saturated rings. The predicted octanol–water partition coefficient (Wildman–Crippen LogP) is 3.86. The van der Waals surface area contributed by atoms with E-state index in [1.54, 1.807) is 18.2 Å². The second-order valence-corrected chi connectivity index (χ2v) is 6.75. The van der Waals surface area contributed by atoms with Crippen LogP contribution in [0.3, 0.4) is 0 Å². The van der Waals surface area contributed by atoms with Crippen molar-refractivity contribution in [2.24, 2.45) is 0 Å². The fourth-order valence-electron chi connectivity index (χ4n) is 2.29. The minimum Gasteiger partial charge on any atom is -0.484 e. The first-order valence-corrected chi connectivity index (χ1v) is 8.10. The number of ether oxygens (including phenoxy) is 1. The van der Waals surface area contributed by atoms with Crippen LogP contribution in [-0.4, -0.2) is 19.1 Å². The van der Waals surface area contributed by atoms with Crippen LogP contribution in [0.1, 0.15) is 31.9 Å². The molecule has 0 heterocycles. The highest BCUT2D eigenvalue weighted by Gasteiger charge is 2.13. The molecule has 4 heteroatoms. The van der Waals surface area contributed by atoms with Crippen molar-refractivity contribution in [2.75, 3.05) is 13.2 Å². The first kappa shape index (κ1) is 18.0. The molecule has 24 heavy (non-hydrogen) atoms. The van der Waals surface area contributed by atoms with Gasteiger partial charge in [-0.25, -0.2) is 4.39 Å². The van der Waals surface area contributed by atoms with E-state index in [1.165, 1.54) is 11.6 Å². The maximum atomic E-state index is 13.5. The summed E-state index contributed by atoms with van der Waals surface area (Å²) in [5, 5.41) is 2.73. The zero-order valence-corrected chi connectivity index (χ0v) is 14.4. The first-order valence-electron chi connectivity index (χ1n) is 8.10. The molecule has 0 bridgehead atoms.